The third kappa shape index (κ3) is 6.16. The maximum atomic E-state index is 12.5. The van der Waals surface area contributed by atoms with Crippen LogP contribution in [0.2, 0.25) is 0 Å². The fourth-order valence-corrected chi connectivity index (χ4v) is 3.50. The molecule has 0 aliphatic carbocycles. The van der Waals surface area contributed by atoms with E-state index in [4.69, 9.17) is 4.74 Å². The molecule has 2 aromatic carbocycles. The van der Waals surface area contributed by atoms with E-state index < -0.39 is 16.1 Å². The molecule has 2 aromatic rings. The van der Waals surface area contributed by atoms with Gasteiger partial charge in [-0.3, -0.25) is 4.79 Å². The highest BCUT2D eigenvalue weighted by Gasteiger charge is 2.20. The monoisotopic (exact) mass is 376 g/mol. The first-order valence-corrected chi connectivity index (χ1v) is 10.0. The number of hydrogen-bond donors (Lipinski definition) is 2. The number of sulfonamides is 1. The summed E-state index contributed by atoms with van der Waals surface area (Å²) in [5, 5.41) is 2.83. The summed E-state index contributed by atoms with van der Waals surface area (Å²) < 4.78 is 31.0. The van der Waals surface area contributed by atoms with Crippen LogP contribution in [0.5, 0.6) is 5.75 Å². The lowest BCUT2D eigenvalue weighted by Gasteiger charge is -2.18. The number of methoxy groups -OCH3 is 1. The van der Waals surface area contributed by atoms with Gasteiger partial charge >= 0.3 is 0 Å². The summed E-state index contributed by atoms with van der Waals surface area (Å²) >= 11 is 0. The number of hydrogen-bond acceptors (Lipinski definition) is 4. The van der Waals surface area contributed by atoms with E-state index in [0.29, 0.717) is 17.0 Å². The highest BCUT2D eigenvalue weighted by molar-refractivity contribution is 7.88. The van der Waals surface area contributed by atoms with Gasteiger partial charge in [0, 0.05) is 12.1 Å². The van der Waals surface area contributed by atoms with Crippen LogP contribution in [0.4, 0.5) is 5.69 Å². The Hall–Kier alpha value is -2.38. The fourth-order valence-electron chi connectivity index (χ4n) is 2.77. The molecule has 0 heterocycles. The van der Waals surface area contributed by atoms with Gasteiger partial charge in [0.25, 0.3) is 0 Å². The van der Waals surface area contributed by atoms with Crippen molar-refractivity contribution in [1.29, 1.82) is 0 Å². The molecular weight excluding hydrogens is 352 g/mol. The van der Waals surface area contributed by atoms with Crippen LogP contribution in [0.25, 0.3) is 0 Å². The lowest BCUT2D eigenvalue weighted by Crippen LogP contribution is -2.30. The standard InChI is InChI=1S/C19H24N2O4S/c1-13-9-14(2)11-16(10-13)20-19(22)12-18(21-26(4,23)24)15-5-7-17(25-3)8-6-15/h5-11,18,21H,12H2,1-4H3,(H,20,22)/t18-/m0/s1. The summed E-state index contributed by atoms with van der Waals surface area (Å²) in [5.41, 5.74) is 3.47. The van der Waals surface area contributed by atoms with E-state index in [0.717, 1.165) is 17.4 Å². The Morgan fingerprint density at radius 3 is 2.15 bits per heavy atom. The van der Waals surface area contributed by atoms with Gasteiger partial charge < -0.3 is 10.1 Å². The third-order valence-corrected chi connectivity index (χ3v) is 4.48. The predicted molar refractivity (Wildman–Crippen MR) is 103 cm³/mol. The molecule has 0 spiro atoms. The predicted octanol–water partition coefficient (Wildman–Crippen LogP) is 2.93. The summed E-state index contributed by atoms with van der Waals surface area (Å²) in [4.78, 5) is 12.5. The van der Waals surface area contributed by atoms with Gasteiger partial charge in [0.2, 0.25) is 15.9 Å². The SMILES string of the molecule is COc1ccc([C@H](CC(=O)Nc2cc(C)cc(C)c2)NS(C)(=O)=O)cc1. The Labute approximate surface area is 154 Å². The van der Waals surface area contributed by atoms with Crippen molar-refractivity contribution in [3.05, 3.63) is 59.2 Å². The smallest absolute Gasteiger partial charge is 0.226 e. The first-order chi connectivity index (χ1) is 12.2. The molecule has 140 valence electrons. The Morgan fingerprint density at radius 1 is 1.08 bits per heavy atom. The zero-order valence-corrected chi connectivity index (χ0v) is 16.2. The van der Waals surface area contributed by atoms with E-state index >= 15 is 0 Å². The van der Waals surface area contributed by atoms with Crippen molar-refractivity contribution in [2.75, 3.05) is 18.7 Å². The van der Waals surface area contributed by atoms with Gasteiger partial charge in [-0.2, -0.15) is 0 Å². The van der Waals surface area contributed by atoms with Crippen molar-refractivity contribution in [2.24, 2.45) is 0 Å². The molecule has 0 saturated heterocycles. The molecule has 7 heteroatoms. The van der Waals surface area contributed by atoms with Gasteiger partial charge in [0.15, 0.2) is 0 Å². The number of carbonyl (C=O) groups excluding carboxylic acids is 1. The molecule has 0 radical (unpaired) electrons. The Bertz CT molecular complexity index is 857. The second kappa shape index (κ2) is 8.33. The van der Waals surface area contributed by atoms with Crippen LogP contribution in [-0.2, 0) is 14.8 Å². The minimum Gasteiger partial charge on any atom is -0.497 e. The molecule has 1 atom stereocenters. The van der Waals surface area contributed by atoms with Crippen molar-refractivity contribution in [1.82, 2.24) is 4.72 Å². The first kappa shape index (κ1) is 19.9. The minimum absolute atomic E-state index is 0.0214. The third-order valence-electron chi connectivity index (χ3n) is 3.77. The molecular formula is C19H24N2O4S. The van der Waals surface area contributed by atoms with Crippen molar-refractivity contribution < 1.29 is 17.9 Å². The van der Waals surface area contributed by atoms with Gasteiger partial charge in [0.1, 0.15) is 5.75 Å². The van der Waals surface area contributed by atoms with E-state index in [-0.39, 0.29) is 12.3 Å². The summed E-state index contributed by atoms with van der Waals surface area (Å²) in [6.07, 6.45) is 1.05. The molecule has 0 aliphatic rings. The zero-order chi connectivity index (χ0) is 19.3. The van der Waals surface area contributed by atoms with Gasteiger partial charge in [-0.15, -0.1) is 0 Å². The molecule has 2 N–H and O–H groups in total. The van der Waals surface area contributed by atoms with E-state index in [1.807, 2.05) is 32.0 Å². The van der Waals surface area contributed by atoms with Crippen molar-refractivity contribution in [3.8, 4) is 5.75 Å². The summed E-state index contributed by atoms with van der Waals surface area (Å²) in [6, 6.07) is 12.0. The number of nitrogens with one attached hydrogen (secondary N) is 2. The van der Waals surface area contributed by atoms with Crippen LogP contribution in [0.1, 0.15) is 29.2 Å². The molecule has 26 heavy (non-hydrogen) atoms. The van der Waals surface area contributed by atoms with Crippen molar-refractivity contribution in [2.45, 2.75) is 26.3 Å². The van der Waals surface area contributed by atoms with Gasteiger partial charge in [-0.1, -0.05) is 18.2 Å². The van der Waals surface area contributed by atoms with Gasteiger partial charge in [-0.25, -0.2) is 13.1 Å². The van der Waals surface area contributed by atoms with E-state index in [1.165, 1.54) is 0 Å². The van der Waals surface area contributed by atoms with Crippen molar-refractivity contribution in [3.63, 3.8) is 0 Å². The molecule has 2 rings (SSSR count). The Morgan fingerprint density at radius 2 is 1.65 bits per heavy atom. The maximum Gasteiger partial charge on any atom is 0.226 e. The highest BCUT2D eigenvalue weighted by atomic mass is 32.2. The second-order valence-electron chi connectivity index (χ2n) is 6.34. The lowest BCUT2D eigenvalue weighted by atomic mass is 10.0. The summed E-state index contributed by atoms with van der Waals surface area (Å²) in [6.45, 7) is 3.90. The van der Waals surface area contributed by atoms with Gasteiger partial charge in [-0.05, 0) is 54.8 Å². The van der Waals surface area contributed by atoms with Crippen LogP contribution in [-0.4, -0.2) is 27.7 Å². The van der Waals surface area contributed by atoms with E-state index in [2.05, 4.69) is 10.0 Å². The summed E-state index contributed by atoms with van der Waals surface area (Å²) in [5.74, 6) is 0.388. The number of aryl methyl sites for hydroxylation is 2. The molecule has 1 amide bonds. The number of rotatable bonds is 7. The molecule has 0 saturated carbocycles. The lowest BCUT2D eigenvalue weighted by molar-refractivity contribution is -0.116. The molecule has 0 bridgehead atoms. The average molecular weight is 376 g/mol. The van der Waals surface area contributed by atoms with Crippen LogP contribution in [0, 0.1) is 13.8 Å². The number of ether oxygens (including phenoxy) is 1. The van der Waals surface area contributed by atoms with Crippen LogP contribution in [0.15, 0.2) is 42.5 Å². The number of benzene rings is 2. The van der Waals surface area contributed by atoms with Crippen molar-refractivity contribution >= 4 is 21.6 Å². The molecule has 0 fully saturated rings. The fraction of sp³-hybridized carbons (Fsp3) is 0.316. The van der Waals surface area contributed by atoms with Crippen LogP contribution in [0.3, 0.4) is 0 Å². The molecule has 0 aliphatic heterocycles. The van der Waals surface area contributed by atoms with E-state index in [9.17, 15) is 13.2 Å². The average Bonchev–Trinajstić information content (AvgIpc) is 2.52. The number of anilines is 1. The van der Waals surface area contributed by atoms with E-state index in [1.54, 1.807) is 31.4 Å². The Kier molecular flexibility index (Phi) is 6.39. The van der Waals surface area contributed by atoms with Gasteiger partial charge in [0.05, 0.1) is 19.4 Å². The molecule has 6 nitrogen and oxygen atoms in total. The number of amides is 1. The maximum absolute atomic E-state index is 12.5. The minimum atomic E-state index is -3.48. The normalized spacial score (nSPS) is 12.5. The first-order valence-electron chi connectivity index (χ1n) is 8.15. The second-order valence-corrected chi connectivity index (χ2v) is 8.12. The highest BCUT2D eigenvalue weighted by Crippen LogP contribution is 2.22. The molecule has 0 aromatic heterocycles. The van der Waals surface area contributed by atoms with Crippen LogP contribution < -0.4 is 14.8 Å². The quantitative estimate of drug-likeness (QED) is 0.778. The molecule has 0 unspecified atom stereocenters. The Balaban J connectivity index is 2.18. The topological polar surface area (TPSA) is 84.5 Å². The summed E-state index contributed by atoms with van der Waals surface area (Å²) in [7, 11) is -1.93. The van der Waals surface area contributed by atoms with Crippen LogP contribution >= 0.6 is 0 Å². The number of carbonyl (C=O) groups is 1. The zero-order valence-electron chi connectivity index (χ0n) is 15.4. The largest absolute Gasteiger partial charge is 0.497 e.